The molecule has 0 amide bonds. The van der Waals surface area contributed by atoms with Crippen molar-refractivity contribution in [2.75, 3.05) is 6.26 Å². The van der Waals surface area contributed by atoms with Gasteiger partial charge in [-0.25, -0.2) is 8.42 Å². The second-order valence-corrected chi connectivity index (χ2v) is 12.6. The maximum absolute atomic E-state index is 14.0. The van der Waals surface area contributed by atoms with Crippen LogP contribution in [0.15, 0.2) is 98.7 Å². The smallest absolute Gasteiger partial charge is 0.259 e. The van der Waals surface area contributed by atoms with Crippen LogP contribution in [0.4, 0.5) is 0 Å². The van der Waals surface area contributed by atoms with E-state index < -0.39 is 9.84 Å². The Morgan fingerprint density at radius 2 is 1.67 bits per heavy atom. The monoisotopic (exact) mass is 606 g/mol. The van der Waals surface area contributed by atoms with Gasteiger partial charge in [-0.1, -0.05) is 78.2 Å². The lowest BCUT2D eigenvalue weighted by Crippen LogP contribution is -2.28. The minimum atomic E-state index is -3.37. The van der Waals surface area contributed by atoms with E-state index in [1.807, 2.05) is 36.4 Å². The van der Waals surface area contributed by atoms with Crippen LogP contribution in [0.3, 0.4) is 0 Å². The van der Waals surface area contributed by atoms with Crippen molar-refractivity contribution in [1.82, 2.24) is 4.57 Å². The lowest BCUT2D eigenvalue weighted by molar-refractivity contribution is 0.103. The molecule has 1 aromatic heterocycles. The normalized spacial score (nSPS) is 12.1. The highest BCUT2D eigenvalue weighted by Crippen LogP contribution is 2.33. The number of hydrogen-bond donors (Lipinski definition) is 1. The first-order valence-corrected chi connectivity index (χ1v) is 15.5. The SMILES string of the molecule is CCCCCC(N)=CC(=O)c1c(-c2ccccc2)c2cc(Br)ccc2c(=O)n1Cc1ccc(S(C)(=O)=O)cc1. The van der Waals surface area contributed by atoms with Crippen molar-refractivity contribution in [2.24, 2.45) is 5.73 Å². The third-order valence-corrected chi connectivity index (χ3v) is 8.23. The largest absolute Gasteiger partial charge is 0.402 e. The predicted octanol–water partition coefficient (Wildman–Crippen LogP) is 6.49. The van der Waals surface area contributed by atoms with Crippen LogP contribution in [-0.4, -0.2) is 25.0 Å². The molecule has 4 rings (SSSR count). The first-order valence-electron chi connectivity index (χ1n) is 12.8. The van der Waals surface area contributed by atoms with Crippen molar-refractivity contribution in [3.05, 3.63) is 111 Å². The van der Waals surface area contributed by atoms with Gasteiger partial charge >= 0.3 is 0 Å². The number of fused-ring (bicyclic) bond motifs is 1. The summed E-state index contributed by atoms with van der Waals surface area (Å²) in [5.74, 6) is -0.352. The van der Waals surface area contributed by atoms with Gasteiger partial charge in [0.1, 0.15) is 5.69 Å². The molecule has 3 aromatic carbocycles. The highest BCUT2D eigenvalue weighted by molar-refractivity contribution is 9.10. The van der Waals surface area contributed by atoms with E-state index in [-0.39, 0.29) is 28.5 Å². The summed E-state index contributed by atoms with van der Waals surface area (Å²) in [6.45, 7) is 2.19. The number of pyridine rings is 1. The zero-order valence-corrected chi connectivity index (χ0v) is 24.4. The lowest BCUT2D eigenvalue weighted by Gasteiger charge is -2.19. The third kappa shape index (κ3) is 6.57. The Balaban J connectivity index is 1.99. The van der Waals surface area contributed by atoms with Gasteiger partial charge in [-0.3, -0.25) is 14.2 Å². The fraction of sp³-hybridized carbons (Fsp3) is 0.226. The molecular formula is C31H31BrN2O4S. The number of unbranched alkanes of at least 4 members (excludes halogenated alkanes) is 2. The first kappa shape index (κ1) is 28.5. The summed E-state index contributed by atoms with van der Waals surface area (Å²) in [5.41, 5.74) is 8.78. The molecule has 0 spiro atoms. The van der Waals surface area contributed by atoms with Gasteiger partial charge < -0.3 is 5.73 Å². The number of carbonyl (C=O) groups excluding carboxylic acids is 1. The molecule has 6 nitrogen and oxygen atoms in total. The zero-order valence-electron chi connectivity index (χ0n) is 22.0. The van der Waals surface area contributed by atoms with Crippen LogP contribution in [-0.2, 0) is 16.4 Å². The van der Waals surface area contributed by atoms with Gasteiger partial charge in [0.2, 0.25) is 5.78 Å². The van der Waals surface area contributed by atoms with Gasteiger partial charge in [0.05, 0.1) is 11.4 Å². The molecular weight excluding hydrogens is 576 g/mol. The molecule has 202 valence electrons. The van der Waals surface area contributed by atoms with Crippen molar-refractivity contribution in [3.8, 4) is 11.1 Å². The van der Waals surface area contributed by atoms with Crippen molar-refractivity contribution in [3.63, 3.8) is 0 Å². The number of halogens is 1. The lowest BCUT2D eigenvalue weighted by atomic mass is 9.94. The minimum absolute atomic E-state index is 0.0827. The van der Waals surface area contributed by atoms with Crippen molar-refractivity contribution in [1.29, 1.82) is 0 Å². The Labute approximate surface area is 237 Å². The van der Waals surface area contributed by atoms with Crippen molar-refractivity contribution in [2.45, 2.75) is 44.0 Å². The second-order valence-electron chi connectivity index (χ2n) is 9.63. The second kappa shape index (κ2) is 12.1. The molecule has 0 bridgehead atoms. The molecule has 0 aliphatic rings. The molecule has 0 unspecified atom stereocenters. The van der Waals surface area contributed by atoms with Crippen LogP contribution in [0.1, 0.15) is 48.7 Å². The number of hydrogen-bond acceptors (Lipinski definition) is 5. The molecule has 2 N–H and O–H groups in total. The molecule has 1 heterocycles. The summed E-state index contributed by atoms with van der Waals surface area (Å²) in [6.07, 6.45) is 6.10. The number of rotatable bonds is 10. The average molecular weight is 608 g/mol. The van der Waals surface area contributed by atoms with E-state index >= 15 is 0 Å². The van der Waals surface area contributed by atoms with Crippen LogP contribution >= 0.6 is 15.9 Å². The maximum Gasteiger partial charge on any atom is 0.259 e. The van der Waals surface area contributed by atoms with E-state index in [0.29, 0.717) is 34.0 Å². The van der Waals surface area contributed by atoms with E-state index in [2.05, 4.69) is 22.9 Å². The van der Waals surface area contributed by atoms with Gasteiger partial charge in [-0.2, -0.15) is 0 Å². The van der Waals surface area contributed by atoms with Gasteiger partial charge in [0.25, 0.3) is 5.56 Å². The number of sulfone groups is 1. The average Bonchev–Trinajstić information content (AvgIpc) is 2.90. The molecule has 0 atom stereocenters. The van der Waals surface area contributed by atoms with Crippen LogP contribution in [0.5, 0.6) is 0 Å². The van der Waals surface area contributed by atoms with Crippen LogP contribution in [0, 0.1) is 0 Å². The van der Waals surface area contributed by atoms with Crippen LogP contribution < -0.4 is 11.3 Å². The highest BCUT2D eigenvalue weighted by atomic mass is 79.9. The summed E-state index contributed by atoms with van der Waals surface area (Å²) in [7, 11) is -3.37. The molecule has 8 heteroatoms. The van der Waals surface area contributed by atoms with E-state index in [4.69, 9.17) is 5.73 Å². The Morgan fingerprint density at radius 1 is 0.974 bits per heavy atom. The summed E-state index contributed by atoms with van der Waals surface area (Å²) in [5, 5.41) is 1.13. The molecule has 39 heavy (non-hydrogen) atoms. The summed E-state index contributed by atoms with van der Waals surface area (Å²) in [6, 6.07) is 21.3. The van der Waals surface area contributed by atoms with E-state index in [0.717, 1.165) is 35.6 Å². The van der Waals surface area contributed by atoms with E-state index in [9.17, 15) is 18.0 Å². The zero-order chi connectivity index (χ0) is 28.2. The number of aromatic nitrogens is 1. The molecule has 0 aliphatic carbocycles. The minimum Gasteiger partial charge on any atom is -0.402 e. The highest BCUT2D eigenvalue weighted by Gasteiger charge is 2.23. The van der Waals surface area contributed by atoms with Crippen molar-refractivity contribution < 1.29 is 13.2 Å². The van der Waals surface area contributed by atoms with Gasteiger partial charge in [0.15, 0.2) is 9.84 Å². The first-order chi connectivity index (χ1) is 18.6. The predicted molar refractivity (Wildman–Crippen MR) is 161 cm³/mol. The van der Waals surface area contributed by atoms with Crippen molar-refractivity contribution >= 4 is 42.3 Å². The van der Waals surface area contributed by atoms with Gasteiger partial charge in [0, 0.05) is 33.5 Å². The van der Waals surface area contributed by atoms with Crippen LogP contribution in [0.25, 0.3) is 21.9 Å². The molecule has 0 aliphatic heterocycles. The Kier molecular flexibility index (Phi) is 8.87. The Morgan fingerprint density at radius 3 is 2.31 bits per heavy atom. The molecule has 4 aromatic rings. The molecule has 0 saturated heterocycles. The maximum atomic E-state index is 14.0. The Hall–Kier alpha value is -3.49. The summed E-state index contributed by atoms with van der Waals surface area (Å²) < 4.78 is 26.2. The molecule has 0 radical (unpaired) electrons. The van der Waals surface area contributed by atoms with Crippen LogP contribution in [0.2, 0.25) is 0 Å². The number of nitrogens with zero attached hydrogens (tertiary/aromatic N) is 1. The third-order valence-electron chi connectivity index (χ3n) is 6.61. The van der Waals surface area contributed by atoms with E-state index in [1.165, 1.54) is 22.8 Å². The number of nitrogens with two attached hydrogens (primary N) is 1. The number of allylic oxidation sites excluding steroid dienone is 2. The van der Waals surface area contributed by atoms with E-state index in [1.54, 1.807) is 24.3 Å². The standard InChI is InChI=1S/C31H31BrN2O4S/c1-3-4-6-11-24(33)19-28(35)30-29(22-9-7-5-8-10-22)27-18-23(32)14-17-26(27)31(36)34(30)20-21-12-15-25(16-13-21)39(2,37)38/h5,7-10,12-19H,3-4,6,11,20,33H2,1-2H3. The van der Waals surface area contributed by atoms with Gasteiger partial charge in [-0.15, -0.1) is 0 Å². The molecule has 0 saturated carbocycles. The Bertz CT molecular complexity index is 1710. The number of carbonyl (C=O) groups is 1. The number of ketones is 1. The quantitative estimate of drug-likeness (QED) is 0.126. The van der Waals surface area contributed by atoms with Gasteiger partial charge in [-0.05, 0) is 59.7 Å². The fourth-order valence-electron chi connectivity index (χ4n) is 4.64. The number of benzene rings is 3. The summed E-state index contributed by atoms with van der Waals surface area (Å²) in [4.78, 5) is 28.1. The fourth-order valence-corrected chi connectivity index (χ4v) is 5.63. The summed E-state index contributed by atoms with van der Waals surface area (Å²) >= 11 is 3.52. The topological polar surface area (TPSA) is 99.2 Å². The molecule has 0 fully saturated rings.